The van der Waals surface area contributed by atoms with Gasteiger partial charge in [-0.15, -0.1) is 0 Å². The molecule has 0 bridgehead atoms. The molecule has 0 spiro atoms. The van der Waals surface area contributed by atoms with Crippen molar-refractivity contribution >= 4 is 12.1 Å². The molecule has 17 heavy (non-hydrogen) atoms. The van der Waals surface area contributed by atoms with Gasteiger partial charge in [0, 0.05) is 20.5 Å². The minimum absolute atomic E-state index is 0.303. The Bertz CT molecular complexity index is 397. The molecule has 0 aliphatic heterocycles. The number of carbonyl (C=O) groups is 2. The summed E-state index contributed by atoms with van der Waals surface area (Å²) in [7, 11) is 3.19. The minimum Gasteiger partial charge on any atom is -0.427 e. The number of nitrogens with zero attached hydrogens (tertiary/aromatic N) is 1. The average Bonchev–Trinajstić information content (AvgIpc) is 2.31. The maximum absolute atomic E-state index is 11.2. The highest BCUT2D eigenvalue weighted by Crippen LogP contribution is 2.18. The summed E-state index contributed by atoms with van der Waals surface area (Å²) in [4.78, 5) is 23.6. The molecule has 0 aliphatic rings. The molecule has 0 fully saturated rings. The number of rotatable bonds is 3. The molecule has 1 rings (SSSR count). The monoisotopic (exact) mass is 237 g/mol. The molecule has 0 N–H and O–H groups in total. The number of hydrogen-bond donors (Lipinski definition) is 0. The van der Waals surface area contributed by atoms with Crippen LogP contribution in [0.4, 0.5) is 4.79 Å². The summed E-state index contributed by atoms with van der Waals surface area (Å²) in [5.41, 5.74) is 0. The highest BCUT2D eigenvalue weighted by atomic mass is 16.6. The van der Waals surface area contributed by atoms with E-state index in [0.29, 0.717) is 17.9 Å². The average molecular weight is 237 g/mol. The van der Waals surface area contributed by atoms with E-state index in [4.69, 9.17) is 9.47 Å². The lowest BCUT2D eigenvalue weighted by atomic mass is 10.3. The number of ether oxygens (including phenoxy) is 2. The molecule has 0 heterocycles. The SMILES string of the molecule is CCC(=O)Oc1ccc(OC(=O)N(C)C)cc1. The standard InChI is InChI=1S/C12H15NO4/c1-4-11(14)16-9-5-7-10(8-6-9)17-12(15)13(2)3/h5-8H,4H2,1-3H3. The van der Waals surface area contributed by atoms with Gasteiger partial charge in [-0.25, -0.2) is 4.79 Å². The van der Waals surface area contributed by atoms with Crippen LogP contribution in [0.15, 0.2) is 24.3 Å². The van der Waals surface area contributed by atoms with Crippen molar-refractivity contribution in [3.05, 3.63) is 24.3 Å². The second kappa shape index (κ2) is 5.89. The number of carbonyl (C=O) groups excluding carboxylic acids is 2. The Hall–Kier alpha value is -2.04. The summed E-state index contributed by atoms with van der Waals surface area (Å²) in [6, 6.07) is 6.29. The number of hydrogen-bond acceptors (Lipinski definition) is 4. The maximum Gasteiger partial charge on any atom is 0.414 e. The summed E-state index contributed by atoms with van der Waals surface area (Å²) >= 11 is 0. The topological polar surface area (TPSA) is 55.8 Å². The van der Waals surface area contributed by atoms with Gasteiger partial charge < -0.3 is 14.4 Å². The third kappa shape index (κ3) is 4.14. The highest BCUT2D eigenvalue weighted by Gasteiger charge is 2.07. The van der Waals surface area contributed by atoms with Crippen LogP contribution in [-0.2, 0) is 4.79 Å². The quantitative estimate of drug-likeness (QED) is 0.596. The van der Waals surface area contributed by atoms with Gasteiger partial charge in [0.15, 0.2) is 0 Å². The first-order valence-corrected chi connectivity index (χ1v) is 5.22. The molecule has 0 radical (unpaired) electrons. The first-order valence-electron chi connectivity index (χ1n) is 5.22. The van der Waals surface area contributed by atoms with Gasteiger partial charge in [-0.3, -0.25) is 4.79 Å². The van der Waals surface area contributed by atoms with E-state index >= 15 is 0 Å². The zero-order valence-electron chi connectivity index (χ0n) is 10.1. The summed E-state index contributed by atoms with van der Waals surface area (Å²) in [6.45, 7) is 1.72. The number of amides is 1. The Morgan fingerprint density at radius 1 is 1.06 bits per heavy atom. The molecule has 0 saturated carbocycles. The summed E-state index contributed by atoms with van der Waals surface area (Å²) < 4.78 is 9.99. The molecule has 1 aromatic carbocycles. The lowest BCUT2D eigenvalue weighted by Crippen LogP contribution is -2.25. The maximum atomic E-state index is 11.2. The van der Waals surface area contributed by atoms with Gasteiger partial charge in [-0.1, -0.05) is 6.92 Å². The first kappa shape index (κ1) is 13.0. The number of benzene rings is 1. The van der Waals surface area contributed by atoms with Crippen LogP contribution in [0.5, 0.6) is 11.5 Å². The van der Waals surface area contributed by atoms with Crippen LogP contribution in [0.2, 0.25) is 0 Å². The van der Waals surface area contributed by atoms with Crippen LogP contribution in [0, 0.1) is 0 Å². The van der Waals surface area contributed by atoms with Crippen molar-refractivity contribution in [2.45, 2.75) is 13.3 Å². The molecule has 1 aromatic rings. The van der Waals surface area contributed by atoms with E-state index in [1.165, 1.54) is 4.90 Å². The van der Waals surface area contributed by atoms with Crippen LogP contribution in [0.25, 0.3) is 0 Å². The largest absolute Gasteiger partial charge is 0.427 e. The third-order valence-electron chi connectivity index (χ3n) is 1.91. The fourth-order valence-electron chi connectivity index (χ4n) is 0.971. The van der Waals surface area contributed by atoms with Crippen molar-refractivity contribution in [2.75, 3.05) is 14.1 Å². The van der Waals surface area contributed by atoms with E-state index in [1.54, 1.807) is 45.3 Å². The Kier molecular flexibility index (Phi) is 4.51. The molecule has 5 nitrogen and oxygen atoms in total. The smallest absolute Gasteiger partial charge is 0.414 e. The molecule has 92 valence electrons. The lowest BCUT2D eigenvalue weighted by Gasteiger charge is -2.10. The van der Waals surface area contributed by atoms with Gasteiger partial charge in [0.25, 0.3) is 0 Å². The minimum atomic E-state index is -0.455. The Morgan fingerprint density at radius 3 is 1.94 bits per heavy atom. The van der Waals surface area contributed by atoms with Crippen LogP contribution in [0.3, 0.4) is 0 Å². The molecular weight excluding hydrogens is 222 g/mol. The van der Waals surface area contributed by atoms with Crippen LogP contribution in [0.1, 0.15) is 13.3 Å². The van der Waals surface area contributed by atoms with Crippen LogP contribution in [-0.4, -0.2) is 31.1 Å². The number of esters is 1. The second-order valence-corrected chi connectivity index (χ2v) is 3.56. The van der Waals surface area contributed by atoms with Gasteiger partial charge in [-0.2, -0.15) is 0 Å². The second-order valence-electron chi connectivity index (χ2n) is 3.56. The molecule has 5 heteroatoms. The normalized spacial score (nSPS) is 9.59. The molecule has 0 atom stereocenters. The zero-order valence-corrected chi connectivity index (χ0v) is 10.1. The molecular formula is C12H15NO4. The Morgan fingerprint density at radius 2 is 1.53 bits per heavy atom. The zero-order chi connectivity index (χ0) is 12.8. The van der Waals surface area contributed by atoms with Crippen LogP contribution >= 0.6 is 0 Å². The predicted octanol–water partition coefficient (Wildman–Crippen LogP) is 2.06. The van der Waals surface area contributed by atoms with E-state index in [-0.39, 0.29) is 5.97 Å². The van der Waals surface area contributed by atoms with Gasteiger partial charge >= 0.3 is 12.1 Å². The van der Waals surface area contributed by atoms with E-state index in [2.05, 4.69) is 0 Å². The molecule has 0 aliphatic carbocycles. The van der Waals surface area contributed by atoms with E-state index in [1.807, 2.05) is 0 Å². The third-order valence-corrected chi connectivity index (χ3v) is 1.91. The van der Waals surface area contributed by atoms with Crippen molar-refractivity contribution in [3.63, 3.8) is 0 Å². The fourth-order valence-corrected chi connectivity index (χ4v) is 0.971. The Balaban J connectivity index is 2.62. The summed E-state index contributed by atoms with van der Waals surface area (Å²) in [6.07, 6.45) is -0.138. The van der Waals surface area contributed by atoms with Crippen molar-refractivity contribution < 1.29 is 19.1 Å². The van der Waals surface area contributed by atoms with Gasteiger partial charge in [-0.05, 0) is 24.3 Å². The first-order chi connectivity index (χ1) is 8.02. The lowest BCUT2D eigenvalue weighted by molar-refractivity contribution is -0.134. The van der Waals surface area contributed by atoms with Gasteiger partial charge in [0.1, 0.15) is 11.5 Å². The van der Waals surface area contributed by atoms with Gasteiger partial charge in [0.2, 0.25) is 0 Å². The molecule has 0 saturated heterocycles. The van der Waals surface area contributed by atoms with Crippen molar-refractivity contribution in [1.29, 1.82) is 0 Å². The van der Waals surface area contributed by atoms with Crippen molar-refractivity contribution in [1.82, 2.24) is 4.90 Å². The van der Waals surface area contributed by atoms with Crippen molar-refractivity contribution in [2.24, 2.45) is 0 Å². The van der Waals surface area contributed by atoms with E-state index in [0.717, 1.165) is 0 Å². The Labute approximate surface area is 99.9 Å². The van der Waals surface area contributed by atoms with Crippen molar-refractivity contribution in [3.8, 4) is 11.5 Å². The highest BCUT2D eigenvalue weighted by molar-refractivity contribution is 5.72. The van der Waals surface area contributed by atoms with Crippen LogP contribution < -0.4 is 9.47 Å². The fraction of sp³-hybridized carbons (Fsp3) is 0.333. The molecule has 1 amide bonds. The van der Waals surface area contributed by atoms with Gasteiger partial charge in [0.05, 0.1) is 0 Å². The molecule has 0 unspecified atom stereocenters. The van der Waals surface area contributed by atoms with E-state index < -0.39 is 6.09 Å². The van der Waals surface area contributed by atoms with E-state index in [9.17, 15) is 9.59 Å². The summed E-state index contributed by atoms with van der Waals surface area (Å²) in [5, 5.41) is 0. The predicted molar refractivity (Wildman–Crippen MR) is 62.1 cm³/mol. The summed E-state index contributed by atoms with van der Waals surface area (Å²) in [5.74, 6) is 0.532. The molecule has 0 aromatic heterocycles.